The van der Waals surface area contributed by atoms with E-state index in [1.165, 1.54) is 0 Å². The Bertz CT molecular complexity index is 148. The zero-order valence-corrected chi connectivity index (χ0v) is 9.60. The molecule has 0 aliphatic carbocycles. The van der Waals surface area contributed by atoms with Gasteiger partial charge in [-0.25, -0.2) is 0 Å². The molecule has 0 amide bonds. The third-order valence-corrected chi connectivity index (χ3v) is 0.756. The summed E-state index contributed by atoms with van der Waals surface area (Å²) in [6.07, 6.45) is 0. The standard InChI is InChI=1S/C6H6O.AsH3.Cr.FH/c7-6-4-2-1-3-5-6;;;/h1-5,7H;1H3;;1H. The van der Waals surface area contributed by atoms with Gasteiger partial charge >= 0.3 is 18.0 Å². The summed E-state index contributed by atoms with van der Waals surface area (Å²) in [5.74, 6) is 0.322. The molecule has 0 aromatic heterocycles. The van der Waals surface area contributed by atoms with E-state index in [-0.39, 0.29) is 40.0 Å². The van der Waals surface area contributed by atoms with E-state index in [1.54, 1.807) is 24.3 Å². The maximum Gasteiger partial charge on any atom is 0 e. The van der Waals surface area contributed by atoms with Crippen LogP contribution >= 0.6 is 0 Å². The Balaban J connectivity index is -0.000000163. The first-order chi connectivity index (χ1) is 3.39. The van der Waals surface area contributed by atoms with E-state index in [0.717, 1.165) is 0 Å². The summed E-state index contributed by atoms with van der Waals surface area (Å²) in [6.45, 7) is 0. The molecule has 58 valence electrons. The van der Waals surface area contributed by atoms with Crippen LogP contribution in [0.3, 0.4) is 0 Å². The van der Waals surface area contributed by atoms with Gasteiger partial charge in [0.2, 0.25) is 0 Å². The van der Waals surface area contributed by atoms with E-state index in [2.05, 4.69) is 0 Å². The van der Waals surface area contributed by atoms with Crippen molar-refractivity contribution in [2.75, 3.05) is 0 Å². The number of hydrogen-bond acceptors (Lipinski definition) is 1. The van der Waals surface area contributed by atoms with Gasteiger partial charge in [0.05, 0.1) is 0 Å². The number of halogens is 1. The van der Waals surface area contributed by atoms with E-state index in [9.17, 15) is 0 Å². The monoisotopic (exact) mass is 244 g/mol. The SMILES string of the molecule is F.Oc1ccccc1.[AsH3].[Cr]. The summed E-state index contributed by atoms with van der Waals surface area (Å²) in [4.78, 5) is 0. The molecule has 4 heteroatoms. The average Bonchev–Trinajstić information content (AvgIpc) is 1.69. The molecular formula is C6H10AsCrFO. The van der Waals surface area contributed by atoms with Gasteiger partial charge in [-0.3, -0.25) is 4.70 Å². The Morgan fingerprint density at radius 3 is 1.60 bits per heavy atom. The Kier molecular flexibility index (Phi) is 15.0. The minimum absolute atomic E-state index is 0. The maximum atomic E-state index is 8.63. The van der Waals surface area contributed by atoms with Crippen LogP contribution in [0.4, 0.5) is 4.70 Å². The van der Waals surface area contributed by atoms with E-state index >= 15 is 0 Å². The van der Waals surface area contributed by atoms with Gasteiger partial charge in [0.25, 0.3) is 0 Å². The van der Waals surface area contributed by atoms with Crippen molar-refractivity contribution >= 4 is 18.0 Å². The van der Waals surface area contributed by atoms with Crippen LogP contribution in [-0.4, -0.2) is 23.1 Å². The normalized spacial score (nSPS) is 6.00. The Morgan fingerprint density at radius 1 is 1.00 bits per heavy atom. The fraction of sp³-hybridized carbons (Fsp3) is 0. The van der Waals surface area contributed by atoms with Crippen molar-refractivity contribution in [3.63, 3.8) is 0 Å². The molecule has 0 aliphatic rings. The van der Waals surface area contributed by atoms with Gasteiger partial charge in [-0.15, -0.1) is 0 Å². The minimum atomic E-state index is 0. The van der Waals surface area contributed by atoms with Crippen LogP contribution < -0.4 is 0 Å². The van der Waals surface area contributed by atoms with Gasteiger partial charge in [-0.05, 0) is 12.1 Å². The van der Waals surface area contributed by atoms with Crippen molar-refractivity contribution < 1.29 is 27.2 Å². The summed E-state index contributed by atoms with van der Waals surface area (Å²) in [5.41, 5.74) is 0. The van der Waals surface area contributed by atoms with Crippen LogP contribution in [0.1, 0.15) is 0 Å². The Morgan fingerprint density at radius 2 is 1.40 bits per heavy atom. The number of hydrogen-bond donors (Lipinski definition) is 1. The first-order valence-electron chi connectivity index (χ1n) is 2.13. The van der Waals surface area contributed by atoms with Gasteiger partial charge in [0, 0.05) is 17.4 Å². The fourth-order valence-electron chi connectivity index (χ4n) is 0.428. The zero-order valence-electron chi connectivity index (χ0n) is 5.36. The summed E-state index contributed by atoms with van der Waals surface area (Å²) in [7, 11) is 0. The molecule has 0 saturated heterocycles. The fourth-order valence-corrected chi connectivity index (χ4v) is 0.428. The van der Waals surface area contributed by atoms with Crippen molar-refractivity contribution in [1.82, 2.24) is 0 Å². The quantitative estimate of drug-likeness (QED) is 0.653. The van der Waals surface area contributed by atoms with Crippen LogP contribution in [-0.2, 0) is 17.4 Å². The maximum absolute atomic E-state index is 8.63. The van der Waals surface area contributed by atoms with Crippen LogP contribution in [0.15, 0.2) is 30.3 Å². The Labute approximate surface area is 81.3 Å². The topological polar surface area (TPSA) is 20.2 Å². The minimum Gasteiger partial charge on any atom is 0 e. The van der Waals surface area contributed by atoms with Crippen LogP contribution in [0.25, 0.3) is 0 Å². The molecule has 0 radical (unpaired) electrons. The molecule has 0 heterocycles. The molecule has 1 aromatic carbocycles. The van der Waals surface area contributed by atoms with E-state index < -0.39 is 0 Å². The third kappa shape index (κ3) is 6.17. The molecule has 0 bridgehead atoms. The second-order valence-corrected chi connectivity index (χ2v) is 1.34. The summed E-state index contributed by atoms with van der Waals surface area (Å²) < 4.78 is 0. The van der Waals surface area contributed by atoms with Crippen LogP contribution in [0.5, 0.6) is 5.75 Å². The Hall–Kier alpha value is 0.0409. The predicted octanol–water partition coefficient (Wildman–Crippen LogP) is 0.358. The first-order valence-corrected chi connectivity index (χ1v) is 2.13. The molecule has 10 heavy (non-hydrogen) atoms. The third-order valence-electron chi connectivity index (χ3n) is 0.756. The molecule has 1 atom stereocenters. The molecule has 1 rings (SSSR count). The van der Waals surface area contributed by atoms with Crippen molar-refractivity contribution in [2.24, 2.45) is 0 Å². The van der Waals surface area contributed by atoms with Gasteiger partial charge in [-0.1, -0.05) is 18.2 Å². The van der Waals surface area contributed by atoms with E-state index in [4.69, 9.17) is 5.11 Å². The van der Waals surface area contributed by atoms with Crippen molar-refractivity contribution in [3.05, 3.63) is 30.3 Å². The summed E-state index contributed by atoms with van der Waals surface area (Å²) in [5, 5.41) is 8.63. The zero-order chi connectivity index (χ0) is 5.11. The smallest absolute Gasteiger partial charge is 0 e. The van der Waals surface area contributed by atoms with Crippen molar-refractivity contribution in [3.8, 4) is 5.75 Å². The van der Waals surface area contributed by atoms with Gasteiger partial charge in [-0.2, -0.15) is 0 Å². The number of phenolic OH excluding ortho intramolecular Hbond substituents is 1. The second kappa shape index (κ2) is 9.04. The summed E-state index contributed by atoms with van der Waals surface area (Å²) >= 11 is 0. The largest absolute Gasteiger partial charge is 0 e. The first kappa shape index (κ1) is 16.6. The van der Waals surface area contributed by atoms with Crippen LogP contribution in [0.2, 0.25) is 0 Å². The number of benzene rings is 1. The van der Waals surface area contributed by atoms with E-state index in [0.29, 0.717) is 5.75 Å². The molecule has 1 unspecified atom stereocenters. The number of aromatic hydroxyl groups is 1. The molecule has 1 N–H and O–H groups in total. The van der Waals surface area contributed by atoms with Crippen molar-refractivity contribution in [1.29, 1.82) is 0 Å². The molecule has 0 spiro atoms. The molecule has 0 fully saturated rings. The number of para-hydroxylation sites is 1. The number of phenols is 1. The number of rotatable bonds is 0. The average molecular weight is 244 g/mol. The molecule has 1 nitrogen and oxygen atoms in total. The second-order valence-electron chi connectivity index (χ2n) is 1.34. The predicted molar refractivity (Wildman–Crippen MR) is 40.5 cm³/mol. The van der Waals surface area contributed by atoms with Crippen LogP contribution in [0, 0.1) is 0 Å². The molecule has 1 aromatic rings. The van der Waals surface area contributed by atoms with Gasteiger partial charge < -0.3 is 5.11 Å². The summed E-state index contributed by atoms with van der Waals surface area (Å²) in [6, 6.07) is 8.71. The molecule has 0 aliphatic heterocycles. The van der Waals surface area contributed by atoms with Crippen molar-refractivity contribution in [2.45, 2.75) is 0 Å². The molecule has 0 saturated carbocycles. The van der Waals surface area contributed by atoms with Gasteiger partial charge in [0.15, 0.2) is 0 Å². The molecular weight excluding hydrogens is 234 g/mol. The van der Waals surface area contributed by atoms with Gasteiger partial charge in [0.1, 0.15) is 5.75 Å². The van der Waals surface area contributed by atoms with E-state index in [1.807, 2.05) is 6.07 Å².